The van der Waals surface area contributed by atoms with Crippen LogP contribution >= 0.6 is 0 Å². The van der Waals surface area contributed by atoms with Crippen molar-refractivity contribution in [3.63, 3.8) is 0 Å². The summed E-state index contributed by atoms with van der Waals surface area (Å²) in [5, 5.41) is 11.3. The zero-order chi connectivity index (χ0) is 52.3. The van der Waals surface area contributed by atoms with Gasteiger partial charge in [0.2, 0.25) is 11.8 Å². The number of H-pyrrole nitrogens is 1. The van der Waals surface area contributed by atoms with Crippen LogP contribution in [0.1, 0.15) is 107 Å². The van der Waals surface area contributed by atoms with E-state index in [1.165, 1.54) is 6.07 Å². The van der Waals surface area contributed by atoms with Crippen molar-refractivity contribution in [2.45, 2.75) is 135 Å². The smallest absolute Gasteiger partial charge is 0.444 e. The monoisotopic (exact) mass is 1000 g/mol. The molecule has 0 spiro atoms. The number of anilines is 1. The van der Waals surface area contributed by atoms with E-state index in [1.807, 2.05) is 30.1 Å². The summed E-state index contributed by atoms with van der Waals surface area (Å²) < 4.78 is 106. The third-order valence-corrected chi connectivity index (χ3v) is 12.3. The number of nitrogens with zero attached hydrogens (tertiary/aromatic N) is 2. The highest BCUT2D eigenvalue weighted by Gasteiger charge is 2.75. The minimum atomic E-state index is -6.58. The van der Waals surface area contributed by atoms with Crippen LogP contribution < -0.4 is 21.3 Å². The van der Waals surface area contributed by atoms with Crippen LogP contribution in [0, 0.1) is 18.8 Å². The van der Waals surface area contributed by atoms with Crippen molar-refractivity contribution < 1.29 is 64.2 Å². The predicted molar refractivity (Wildman–Crippen MR) is 250 cm³/mol. The number of carbonyl (C=O) groups excluding carboxylic acids is 5. The fourth-order valence-corrected chi connectivity index (χ4v) is 8.45. The maximum atomic E-state index is 14.5. The van der Waals surface area contributed by atoms with Gasteiger partial charge in [-0.25, -0.2) is 14.6 Å². The maximum Gasteiger partial charge on any atom is 0.460 e. The van der Waals surface area contributed by atoms with E-state index >= 15 is 0 Å². The second kappa shape index (κ2) is 21.1. The molecule has 1 saturated heterocycles. The SMILES string of the molecule is Cc1cc(C(=O)NC2CCN(C(=O)OC(C)(C)C)CC2)ccc1-c1ccc(C[C@H](NC(=O)[C@H]2CC[C@H](CNC(=O)OC(C)(C)C)CC2)C(=O)Nc2ccc3nc(C(F)(F)C(F)(F)C(F)(F)F)[nH]c3c2)cc1. The lowest BCUT2D eigenvalue weighted by Crippen LogP contribution is -2.50. The molecule has 4 aromatic rings. The molecule has 2 heterocycles. The van der Waals surface area contributed by atoms with Crippen molar-refractivity contribution >= 4 is 46.6 Å². The fraction of sp³-hybridized carbons (Fsp3) is 0.520. The standard InChI is InChI=1S/C50H60F7N7O7/c1-28-24-33(41(66)59-34-20-22-64(23-21-34)45(69)71-47(5,6)7)16-18-36(28)31-12-8-29(9-13-31)25-39(61-40(65)32-14-10-30(11-15-32)27-58-44(68)70-46(2,3)4)42(67)60-35-17-19-37-38(26-35)63-43(62-37)48(51,52)49(53,54)50(55,56)57/h8-9,12-13,16-19,24,26,30,32,34,39H,10-11,14-15,20-23,25,27H2,1-7H3,(H,58,68)(H,59,66)(H,60,67)(H,61,65)(H,62,63)/t30-,32-,39-/m0/s1. The average molecular weight is 1000 g/mol. The van der Waals surface area contributed by atoms with Gasteiger partial charge in [-0.05, 0) is 145 Å². The zero-order valence-electron chi connectivity index (χ0n) is 40.6. The van der Waals surface area contributed by atoms with Crippen LogP contribution in [0.2, 0.25) is 0 Å². The molecular weight excluding hydrogens is 944 g/mol. The first-order valence-electron chi connectivity index (χ1n) is 23.4. The Morgan fingerprint density at radius 3 is 2.01 bits per heavy atom. The number of piperidine rings is 1. The van der Waals surface area contributed by atoms with Crippen molar-refractivity contribution in [3.05, 3.63) is 83.2 Å². The number of benzene rings is 3. The summed E-state index contributed by atoms with van der Waals surface area (Å²) in [5.41, 5.74) is 1.43. The normalized spacial score (nSPS) is 17.8. The summed E-state index contributed by atoms with van der Waals surface area (Å²) in [5.74, 6) is -15.9. The molecule has 1 saturated carbocycles. The molecule has 1 atom stereocenters. The highest BCUT2D eigenvalue weighted by Crippen LogP contribution is 2.51. The van der Waals surface area contributed by atoms with Crippen molar-refractivity contribution in [1.82, 2.24) is 30.8 Å². The number of rotatable bonds is 13. The van der Waals surface area contributed by atoms with Crippen LogP contribution in [-0.2, 0) is 31.4 Å². The molecular formula is C50H60F7N7O7. The number of ether oxygens (including phenoxy) is 2. The molecule has 14 nitrogen and oxygen atoms in total. The number of fused-ring (bicyclic) bond motifs is 1. The Morgan fingerprint density at radius 2 is 1.42 bits per heavy atom. The minimum Gasteiger partial charge on any atom is -0.444 e. The largest absolute Gasteiger partial charge is 0.460 e. The van der Waals surface area contributed by atoms with Gasteiger partial charge in [0.1, 0.15) is 17.2 Å². The lowest BCUT2D eigenvalue weighted by Gasteiger charge is -2.33. The number of hydrogen-bond acceptors (Lipinski definition) is 8. The van der Waals surface area contributed by atoms with E-state index < -0.39 is 64.9 Å². The highest BCUT2D eigenvalue weighted by molar-refractivity contribution is 5.99. The van der Waals surface area contributed by atoms with E-state index in [0.29, 0.717) is 69.3 Å². The zero-order valence-corrected chi connectivity index (χ0v) is 40.6. The van der Waals surface area contributed by atoms with Crippen LogP contribution in [0.25, 0.3) is 22.2 Å². The second-order valence-electron chi connectivity index (χ2n) is 20.3. The Kier molecular flexibility index (Phi) is 16.0. The third-order valence-electron chi connectivity index (χ3n) is 12.3. The van der Waals surface area contributed by atoms with Gasteiger partial charge in [-0.1, -0.05) is 30.3 Å². The summed E-state index contributed by atoms with van der Waals surface area (Å²) in [6, 6.07) is 14.4. The average Bonchev–Trinajstić information content (AvgIpc) is 3.72. The predicted octanol–water partition coefficient (Wildman–Crippen LogP) is 9.95. The van der Waals surface area contributed by atoms with Crippen LogP contribution in [0.5, 0.6) is 0 Å². The number of hydrogen-bond donors (Lipinski definition) is 5. The first kappa shape index (κ1) is 53.9. The van der Waals surface area contributed by atoms with Gasteiger partial charge in [0.15, 0.2) is 5.82 Å². The molecule has 5 N–H and O–H groups in total. The molecule has 1 aromatic heterocycles. The fourth-order valence-electron chi connectivity index (χ4n) is 8.45. The molecule has 5 amide bonds. The molecule has 71 heavy (non-hydrogen) atoms. The summed E-state index contributed by atoms with van der Waals surface area (Å²) >= 11 is 0. The van der Waals surface area contributed by atoms with Gasteiger partial charge in [-0.2, -0.15) is 30.7 Å². The Balaban J connectivity index is 1.13. The molecule has 1 aliphatic carbocycles. The van der Waals surface area contributed by atoms with E-state index in [9.17, 15) is 54.7 Å². The Morgan fingerprint density at radius 1 is 0.789 bits per heavy atom. The van der Waals surface area contributed by atoms with Crippen molar-refractivity contribution in [2.75, 3.05) is 25.0 Å². The van der Waals surface area contributed by atoms with Crippen molar-refractivity contribution in [1.29, 1.82) is 0 Å². The lowest BCUT2D eigenvalue weighted by atomic mass is 9.81. The van der Waals surface area contributed by atoms with Crippen LogP contribution in [0.4, 0.5) is 46.0 Å². The Labute approximate surface area is 406 Å². The summed E-state index contributed by atoms with van der Waals surface area (Å²) in [6.45, 7) is 13.8. The van der Waals surface area contributed by atoms with Gasteiger partial charge in [0.05, 0.1) is 11.0 Å². The van der Waals surface area contributed by atoms with E-state index in [0.717, 1.165) is 28.8 Å². The minimum absolute atomic E-state index is 0.0308. The van der Waals surface area contributed by atoms with E-state index in [4.69, 9.17) is 9.47 Å². The molecule has 21 heteroatoms. The topological polar surface area (TPSA) is 184 Å². The number of amides is 5. The summed E-state index contributed by atoms with van der Waals surface area (Å²) in [7, 11) is 0. The van der Waals surface area contributed by atoms with Gasteiger partial charge in [-0.15, -0.1) is 0 Å². The molecule has 1 aliphatic heterocycles. The molecule has 6 rings (SSSR count). The summed E-state index contributed by atoms with van der Waals surface area (Å²) in [6.07, 6.45) is -4.26. The van der Waals surface area contributed by atoms with Crippen LogP contribution in [0.3, 0.4) is 0 Å². The number of halogens is 7. The molecule has 0 radical (unpaired) electrons. The number of imidazole rings is 1. The molecule has 0 unspecified atom stereocenters. The van der Waals surface area contributed by atoms with Crippen LogP contribution in [-0.4, -0.2) is 99.8 Å². The molecule has 3 aromatic carbocycles. The Bertz CT molecular complexity index is 2570. The Hall–Kier alpha value is -6.41. The number of likely N-dealkylation sites (tertiary alicyclic amines) is 1. The molecule has 386 valence electrons. The number of aromatic amines is 1. The number of aryl methyl sites for hydroxylation is 1. The third kappa shape index (κ3) is 13.7. The second-order valence-corrected chi connectivity index (χ2v) is 20.3. The first-order valence-corrected chi connectivity index (χ1v) is 23.4. The molecule has 2 fully saturated rings. The van der Waals surface area contributed by atoms with Gasteiger partial charge in [0.25, 0.3) is 5.91 Å². The maximum absolute atomic E-state index is 14.5. The quantitative estimate of drug-likeness (QED) is 0.0820. The van der Waals surface area contributed by atoms with Gasteiger partial charge in [0, 0.05) is 49.3 Å². The van der Waals surface area contributed by atoms with Crippen molar-refractivity contribution in [2.24, 2.45) is 11.8 Å². The lowest BCUT2D eigenvalue weighted by molar-refractivity contribution is -0.361. The number of alkyl carbamates (subject to hydrolysis) is 1. The first-order chi connectivity index (χ1) is 33.0. The number of aromatic nitrogens is 2. The number of nitrogens with one attached hydrogen (secondary N) is 5. The number of carbonyl (C=O) groups is 5. The van der Waals surface area contributed by atoms with E-state index in [2.05, 4.69) is 26.3 Å². The molecule has 0 bridgehead atoms. The van der Waals surface area contributed by atoms with Gasteiger partial charge >= 0.3 is 30.2 Å². The molecule has 2 aliphatic rings. The van der Waals surface area contributed by atoms with Gasteiger partial charge in [-0.3, -0.25) is 14.4 Å². The number of alkyl halides is 7. The van der Waals surface area contributed by atoms with Crippen LogP contribution in [0.15, 0.2) is 60.7 Å². The van der Waals surface area contributed by atoms with Gasteiger partial charge < -0.3 is 40.6 Å². The van der Waals surface area contributed by atoms with E-state index in [-0.39, 0.29) is 47.1 Å². The summed E-state index contributed by atoms with van der Waals surface area (Å²) in [4.78, 5) is 72.5. The van der Waals surface area contributed by atoms with Crippen molar-refractivity contribution in [3.8, 4) is 11.1 Å². The van der Waals surface area contributed by atoms with E-state index in [1.54, 1.807) is 70.7 Å². The highest BCUT2D eigenvalue weighted by atomic mass is 19.4.